The fourth-order valence-corrected chi connectivity index (χ4v) is 1.27. The Bertz CT molecular complexity index is 402. The number of alkyl halides is 2. The van der Waals surface area contributed by atoms with Gasteiger partial charge in [0.2, 0.25) is 0 Å². The number of hydrogen-bond acceptors (Lipinski definition) is 3. The molecule has 0 aliphatic carbocycles. The number of rotatable bonds is 3. The van der Waals surface area contributed by atoms with Gasteiger partial charge in [-0.3, -0.25) is 0 Å². The lowest BCUT2D eigenvalue weighted by atomic mass is 10.1. The van der Waals surface area contributed by atoms with Crippen LogP contribution >= 0.6 is 0 Å². The minimum atomic E-state index is -3.07. The van der Waals surface area contributed by atoms with Crippen molar-refractivity contribution in [3.63, 3.8) is 0 Å². The van der Waals surface area contributed by atoms with Gasteiger partial charge in [0, 0.05) is 17.7 Å². The Morgan fingerprint density at radius 3 is 2.35 bits per heavy atom. The molecule has 1 rings (SSSR count). The molecule has 6 heteroatoms. The number of nitrogens with two attached hydrogens (primary N) is 1. The molecule has 0 saturated carbocycles. The van der Waals surface area contributed by atoms with Gasteiger partial charge in [-0.05, 0) is 20.8 Å². The first-order valence-corrected chi connectivity index (χ1v) is 5.01. The second-order valence-corrected chi connectivity index (χ2v) is 4.62. The Balaban J connectivity index is 3.06. The van der Waals surface area contributed by atoms with Crippen LogP contribution in [0.1, 0.15) is 20.8 Å². The quantitative estimate of drug-likeness (QED) is 0.807. The summed E-state index contributed by atoms with van der Waals surface area (Å²) in [6.07, 6.45) is 0. The van der Waals surface area contributed by atoms with Crippen LogP contribution in [0.2, 0.25) is 0 Å². The first-order chi connectivity index (χ1) is 7.69. The van der Waals surface area contributed by atoms with Gasteiger partial charge >= 0.3 is 6.61 Å². The molecule has 0 atom stereocenters. The SMILES string of the molecule is CC(C)(C)Nc1cc(OC(F)F)c(F)cc1N. The minimum absolute atomic E-state index is 0.138. The Morgan fingerprint density at radius 1 is 1.29 bits per heavy atom. The minimum Gasteiger partial charge on any atom is -0.432 e. The van der Waals surface area contributed by atoms with Crippen molar-refractivity contribution in [3.05, 3.63) is 17.9 Å². The summed E-state index contributed by atoms with van der Waals surface area (Å²) < 4.78 is 41.4. The molecule has 0 spiro atoms. The highest BCUT2D eigenvalue weighted by atomic mass is 19.3. The summed E-state index contributed by atoms with van der Waals surface area (Å²) >= 11 is 0. The van der Waals surface area contributed by atoms with Crippen LogP contribution in [0.3, 0.4) is 0 Å². The number of ether oxygens (including phenoxy) is 1. The summed E-state index contributed by atoms with van der Waals surface area (Å²) in [6, 6.07) is 2.08. The van der Waals surface area contributed by atoms with Crippen LogP contribution in [0.15, 0.2) is 12.1 Å². The second kappa shape index (κ2) is 4.73. The summed E-state index contributed by atoms with van der Waals surface area (Å²) in [4.78, 5) is 0. The van der Waals surface area contributed by atoms with Crippen LogP contribution in [-0.4, -0.2) is 12.2 Å². The normalized spacial score (nSPS) is 11.7. The third-order valence-electron chi connectivity index (χ3n) is 1.83. The number of halogens is 3. The number of hydrogen-bond donors (Lipinski definition) is 2. The Kier molecular flexibility index (Phi) is 3.75. The number of nitrogen functional groups attached to an aromatic ring is 1. The van der Waals surface area contributed by atoms with Gasteiger partial charge in [0.1, 0.15) is 0 Å². The van der Waals surface area contributed by atoms with E-state index < -0.39 is 18.2 Å². The van der Waals surface area contributed by atoms with Crippen LogP contribution < -0.4 is 15.8 Å². The molecular weight excluding hydrogens is 233 g/mol. The predicted molar refractivity (Wildman–Crippen MR) is 60.8 cm³/mol. The molecule has 0 radical (unpaired) electrons. The smallest absolute Gasteiger partial charge is 0.387 e. The molecule has 3 N–H and O–H groups in total. The largest absolute Gasteiger partial charge is 0.432 e. The molecule has 1 aromatic rings. The topological polar surface area (TPSA) is 47.3 Å². The molecule has 96 valence electrons. The molecule has 0 aliphatic heterocycles. The predicted octanol–water partition coefficient (Wildman–Crippen LogP) is 3.22. The van der Waals surface area contributed by atoms with Crippen LogP contribution in [0.25, 0.3) is 0 Å². The van der Waals surface area contributed by atoms with Crippen molar-refractivity contribution in [3.8, 4) is 5.75 Å². The zero-order valence-electron chi connectivity index (χ0n) is 9.85. The average Bonchev–Trinajstić information content (AvgIpc) is 2.10. The van der Waals surface area contributed by atoms with Crippen molar-refractivity contribution in [1.29, 1.82) is 0 Å². The van der Waals surface area contributed by atoms with Crippen LogP contribution in [0.5, 0.6) is 5.75 Å². The molecule has 0 heterocycles. The lowest BCUT2D eigenvalue weighted by Crippen LogP contribution is -2.26. The second-order valence-electron chi connectivity index (χ2n) is 4.62. The maximum atomic E-state index is 13.3. The molecule has 17 heavy (non-hydrogen) atoms. The standard InChI is InChI=1S/C11H15F3N2O/c1-11(2,3)16-8-5-9(17-10(13)14)6(12)4-7(8)15/h4-5,10,16H,15H2,1-3H3. The van der Waals surface area contributed by atoms with E-state index >= 15 is 0 Å². The Labute approximate surface area is 97.8 Å². The molecule has 0 saturated heterocycles. The van der Waals surface area contributed by atoms with E-state index in [1.54, 1.807) is 0 Å². The lowest BCUT2D eigenvalue weighted by Gasteiger charge is -2.23. The summed E-state index contributed by atoms with van der Waals surface area (Å²) in [5.41, 5.74) is 5.75. The van der Waals surface area contributed by atoms with Gasteiger partial charge in [-0.15, -0.1) is 0 Å². The third-order valence-corrected chi connectivity index (χ3v) is 1.83. The van der Waals surface area contributed by atoms with Gasteiger partial charge in [0.05, 0.1) is 11.4 Å². The number of anilines is 2. The molecule has 0 fully saturated rings. The molecular formula is C11H15F3N2O. The molecule has 3 nitrogen and oxygen atoms in total. The van der Waals surface area contributed by atoms with Crippen molar-refractivity contribution >= 4 is 11.4 Å². The third kappa shape index (κ3) is 4.05. The summed E-state index contributed by atoms with van der Waals surface area (Å²) in [5, 5.41) is 2.97. The van der Waals surface area contributed by atoms with E-state index in [9.17, 15) is 13.2 Å². The molecule has 0 amide bonds. The van der Waals surface area contributed by atoms with E-state index in [1.165, 1.54) is 0 Å². The van der Waals surface area contributed by atoms with Crippen LogP contribution in [0.4, 0.5) is 24.5 Å². The van der Waals surface area contributed by atoms with E-state index in [2.05, 4.69) is 10.1 Å². The van der Waals surface area contributed by atoms with Gasteiger partial charge in [0.15, 0.2) is 11.6 Å². The van der Waals surface area contributed by atoms with Gasteiger partial charge < -0.3 is 15.8 Å². The summed E-state index contributed by atoms with van der Waals surface area (Å²) in [6.45, 7) is 2.52. The lowest BCUT2D eigenvalue weighted by molar-refractivity contribution is -0.0521. The van der Waals surface area contributed by atoms with Crippen molar-refractivity contribution < 1.29 is 17.9 Å². The van der Waals surface area contributed by atoms with E-state index in [4.69, 9.17) is 5.73 Å². The zero-order valence-corrected chi connectivity index (χ0v) is 9.85. The van der Waals surface area contributed by atoms with Gasteiger partial charge in [-0.1, -0.05) is 0 Å². The Morgan fingerprint density at radius 2 is 1.88 bits per heavy atom. The van der Waals surface area contributed by atoms with E-state index in [0.717, 1.165) is 12.1 Å². The summed E-state index contributed by atoms with van der Waals surface area (Å²) in [7, 11) is 0. The van der Waals surface area contributed by atoms with Gasteiger partial charge in [-0.2, -0.15) is 8.78 Å². The number of benzene rings is 1. The summed E-state index contributed by atoms with van der Waals surface area (Å²) in [5.74, 6) is -1.44. The Hall–Kier alpha value is -1.59. The van der Waals surface area contributed by atoms with E-state index in [0.29, 0.717) is 5.69 Å². The van der Waals surface area contributed by atoms with Crippen LogP contribution in [-0.2, 0) is 0 Å². The highest BCUT2D eigenvalue weighted by molar-refractivity contribution is 5.69. The molecule has 1 aromatic carbocycles. The molecule has 0 aliphatic rings. The number of nitrogens with one attached hydrogen (secondary N) is 1. The fraction of sp³-hybridized carbons (Fsp3) is 0.455. The average molecular weight is 248 g/mol. The van der Waals surface area contributed by atoms with Gasteiger partial charge in [0.25, 0.3) is 0 Å². The van der Waals surface area contributed by atoms with E-state index in [-0.39, 0.29) is 11.2 Å². The van der Waals surface area contributed by atoms with Gasteiger partial charge in [-0.25, -0.2) is 4.39 Å². The van der Waals surface area contributed by atoms with E-state index in [1.807, 2.05) is 20.8 Å². The molecule has 0 bridgehead atoms. The van der Waals surface area contributed by atoms with Crippen molar-refractivity contribution in [2.24, 2.45) is 0 Å². The van der Waals surface area contributed by atoms with Crippen molar-refractivity contribution in [2.45, 2.75) is 32.9 Å². The zero-order chi connectivity index (χ0) is 13.2. The molecule has 0 unspecified atom stereocenters. The first kappa shape index (κ1) is 13.5. The van der Waals surface area contributed by atoms with Crippen LogP contribution in [0, 0.1) is 5.82 Å². The fourth-order valence-electron chi connectivity index (χ4n) is 1.27. The van der Waals surface area contributed by atoms with Crippen molar-refractivity contribution in [2.75, 3.05) is 11.1 Å². The first-order valence-electron chi connectivity index (χ1n) is 5.01. The van der Waals surface area contributed by atoms with Crippen molar-refractivity contribution in [1.82, 2.24) is 0 Å². The molecule has 0 aromatic heterocycles. The monoisotopic (exact) mass is 248 g/mol. The maximum absolute atomic E-state index is 13.3. The maximum Gasteiger partial charge on any atom is 0.387 e. The highest BCUT2D eigenvalue weighted by Crippen LogP contribution is 2.30. The highest BCUT2D eigenvalue weighted by Gasteiger charge is 2.16.